The lowest BCUT2D eigenvalue weighted by molar-refractivity contribution is -0.148. The molecule has 0 aliphatic heterocycles. The summed E-state index contributed by atoms with van der Waals surface area (Å²) in [4.78, 5) is 60.4. The minimum atomic E-state index is -4.98. The molecule has 0 spiro atoms. The number of ketones is 3. The molecule has 0 saturated carbocycles. The first kappa shape index (κ1) is 43.3. The van der Waals surface area contributed by atoms with E-state index in [2.05, 4.69) is 9.05 Å². The third kappa shape index (κ3) is 18.8. The van der Waals surface area contributed by atoms with Crippen LogP contribution in [0.3, 0.4) is 0 Å². The van der Waals surface area contributed by atoms with E-state index in [1.807, 2.05) is 0 Å². The molecule has 1 unspecified atom stereocenters. The smallest absolute Gasteiger partial charge is 0.473 e. The van der Waals surface area contributed by atoms with Crippen LogP contribution in [0.2, 0.25) is 0 Å². The number of carbonyl (C=O) groups excluding carboxylic acids is 4. The molecule has 13 N–H and O–H groups in total. The van der Waals surface area contributed by atoms with Gasteiger partial charge in [-0.1, -0.05) is 0 Å². The van der Waals surface area contributed by atoms with Crippen LogP contribution < -0.4 is 0 Å². The van der Waals surface area contributed by atoms with Gasteiger partial charge in [0, 0.05) is 6.92 Å². The molecule has 0 aromatic carbocycles. The van der Waals surface area contributed by atoms with Crippen molar-refractivity contribution in [3.8, 4) is 0 Å². The molecule has 9 atom stereocenters. The van der Waals surface area contributed by atoms with E-state index >= 15 is 0 Å². The molecule has 0 saturated heterocycles. The fraction of sp³-hybridized carbons (Fsp3) is 0.737. The topological polar surface area (TPSA) is 384 Å². The van der Waals surface area contributed by atoms with Gasteiger partial charge in [-0.25, -0.2) is 9.36 Å². The fourth-order valence-electron chi connectivity index (χ4n) is 1.81. The first-order valence-electron chi connectivity index (χ1n) is 10.9. The lowest BCUT2D eigenvalue weighted by atomic mass is 10.1. The molecule has 21 nitrogen and oxygen atoms in total. The number of rotatable bonds is 18. The van der Waals surface area contributed by atoms with Gasteiger partial charge in [-0.3, -0.25) is 23.4 Å². The van der Waals surface area contributed by atoms with Crippen molar-refractivity contribution in [1.29, 1.82) is 0 Å². The number of carboxylic acids is 1. The van der Waals surface area contributed by atoms with Crippen LogP contribution in [-0.2, 0) is 37.6 Å². The maximum atomic E-state index is 11.5. The lowest BCUT2D eigenvalue weighted by Crippen LogP contribution is -2.45. The van der Waals surface area contributed by atoms with Crippen molar-refractivity contribution in [2.45, 2.75) is 55.8 Å². The van der Waals surface area contributed by atoms with Gasteiger partial charge in [0.15, 0.2) is 24.0 Å². The number of carbonyl (C=O) groups is 5. The number of hydrogen-bond donors (Lipinski definition) is 13. The summed E-state index contributed by atoms with van der Waals surface area (Å²) < 4.78 is 20.0. The van der Waals surface area contributed by atoms with Crippen LogP contribution in [0, 0.1) is 0 Å². The van der Waals surface area contributed by atoms with Crippen molar-refractivity contribution in [3.63, 3.8) is 0 Å². The van der Waals surface area contributed by atoms with Crippen molar-refractivity contribution in [3.05, 3.63) is 0 Å². The Kier molecular flexibility index (Phi) is 23.7. The summed E-state index contributed by atoms with van der Waals surface area (Å²) >= 11 is 0. The van der Waals surface area contributed by atoms with E-state index in [0.29, 0.717) is 0 Å². The van der Waals surface area contributed by atoms with Crippen LogP contribution in [0.4, 0.5) is 0 Å². The van der Waals surface area contributed by atoms with Gasteiger partial charge in [-0.05, 0) is 0 Å². The van der Waals surface area contributed by atoms with E-state index in [4.69, 9.17) is 46.0 Å². The summed E-state index contributed by atoms with van der Waals surface area (Å²) in [6, 6.07) is 0. The number of carboxylic acid groups (broad SMARTS) is 1. The van der Waals surface area contributed by atoms with Crippen molar-refractivity contribution in [2.75, 3.05) is 33.0 Å². The Morgan fingerprint density at radius 3 is 1.61 bits per heavy atom. The number of phosphoric ester groups is 1. The van der Waals surface area contributed by atoms with Gasteiger partial charge in [-0.15, -0.1) is 0 Å². The molecule has 0 bridgehead atoms. The highest BCUT2D eigenvalue weighted by Gasteiger charge is 2.35. The molecular formula is C19H35O21P. The Labute approximate surface area is 230 Å². The molecule has 0 aromatic heterocycles. The zero-order chi connectivity index (χ0) is 33.1. The number of phosphoric acid groups is 1. The maximum Gasteiger partial charge on any atom is 0.473 e. The summed E-state index contributed by atoms with van der Waals surface area (Å²) in [6.45, 7) is -3.75. The number of hydrogen-bond acceptors (Lipinski definition) is 19. The van der Waals surface area contributed by atoms with Gasteiger partial charge in [-0.2, -0.15) is 0 Å². The molecule has 41 heavy (non-hydrogen) atoms. The fourth-order valence-corrected chi connectivity index (χ4v) is 2.71. The molecule has 0 rings (SSSR count). The predicted octanol–water partition coefficient (Wildman–Crippen LogP) is -8.03. The third-order valence-electron chi connectivity index (χ3n) is 4.21. The SMILES string of the molecule is CC(=O)C(=O)O.O=C([C@H](O)CO)[C@@H](O)[C@H](O)CO.O=C[C@H](OP(=O)(O)OC[C@@H](O)[C@@H](O)[C@H](O)C(=O)CO)[C@H](O)CO. The highest BCUT2D eigenvalue weighted by molar-refractivity contribution is 7.47. The zero-order valence-electron chi connectivity index (χ0n) is 21.3. The zero-order valence-corrected chi connectivity index (χ0v) is 22.2. The monoisotopic (exact) mass is 630 g/mol. The molecule has 0 amide bonds. The van der Waals surface area contributed by atoms with Crippen molar-refractivity contribution in [1.82, 2.24) is 0 Å². The maximum absolute atomic E-state index is 11.5. The third-order valence-corrected chi connectivity index (χ3v) is 5.20. The molecule has 0 fully saturated rings. The van der Waals surface area contributed by atoms with Crippen LogP contribution in [0.1, 0.15) is 6.92 Å². The predicted molar refractivity (Wildman–Crippen MR) is 125 cm³/mol. The standard InChI is InChI=1S/C10H19O12P.C6H12O6.C3H4O3/c11-1-5(14)8(3-13)22-23(19,20)21-4-7(16)10(18)9(17)6(15)2-12;7-1-3(9)5(11)6(12)4(10)2-8;1-2(4)3(5)6/h3,5,7-12,14,16-18H,1-2,4H2,(H,19,20);3-5,7-11H,1-2H2;1H3,(H,5,6)/t5-,7-,8+,9-,10-;3-,4-,5+;/m11./s1. The molecular weight excluding hydrogens is 595 g/mol. The van der Waals surface area contributed by atoms with E-state index < -0.39 is 113 Å². The number of Topliss-reactive ketones (excluding diaryl/α,β-unsaturated/α-hetero) is 3. The second-order valence-corrected chi connectivity index (χ2v) is 8.91. The van der Waals surface area contributed by atoms with Crippen molar-refractivity contribution >= 4 is 37.4 Å². The summed E-state index contributed by atoms with van der Waals surface area (Å²) in [5, 5.41) is 105. The lowest BCUT2D eigenvalue weighted by Gasteiger charge is -2.23. The minimum absolute atomic E-state index is 0.0674. The number of aldehydes is 1. The average Bonchev–Trinajstić information content (AvgIpc) is 2.95. The van der Waals surface area contributed by atoms with Crippen molar-refractivity contribution in [2.24, 2.45) is 0 Å². The van der Waals surface area contributed by atoms with Crippen LogP contribution in [-0.4, -0.2) is 178 Å². The van der Waals surface area contributed by atoms with Gasteiger partial charge >= 0.3 is 13.8 Å². The first-order chi connectivity index (χ1) is 18.8. The van der Waals surface area contributed by atoms with Gasteiger partial charge in [0.2, 0.25) is 5.78 Å². The first-order valence-corrected chi connectivity index (χ1v) is 12.4. The molecule has 0 aliphatic carbocycles. The van der Waals surface area contributed by atoms with E-state index in [9.17, 15) is 48.8 Å². The molecule has 0 heterocycles. The molecule has 242 valence electrons. The van der Waals surface area contributed by atoms with Crippen LogP contribution in [0.25, 0.3) is 0 Å². The molecule has 0 radical (unpaired) electrons. The van der Waals surface area contributed by atoms with Crippen molar-refractivity contribution < 1.29 is 104 Å². The highest BCUT2D eigenvalue weighted by Crippen LogP contribution is 2.44. The summed E-state index contributed by atoms with van der Waals surface area (Å²) in [6.07, 6.45) is -15.3. The Hall–Kier alpha value is -2.18. The summed E-state index contributed by atoms with van der Waals surface area (Å²) in [7, 11) is -4.98. The Bertz CT molecular complexity index is 839. The van der Waals surface area contributed by atoms with Crippen LogP contribution in [0.15, 0.2) is 0 Å². The number of aliphatic hydroxyl groups excluding tert-OH is 11. The van der Waals surface area contributed by atoms with Gasteiger partial charge in [0.05, 0.1) is 26.4 Å². The number of aliphatic carboxylic acids is 1. The van der Waals surface area contributed by atoms with Gasteiger partial charge < -0.3 is 71.0 Å². The van der Waals surface area contributed by atoms with Gasteiger partial charge in [0.25, 0.3) is 0 Å². The second-order valence-electron chi connectivity index (χ2n) is 7.50. The van der Waals surface area contributed by atoms with E-state index in [1.165, 1.54) is 0 Å². The largest absolute Gasteiger partial charge is 0.476 e. The Morgan fingerprint density at radius 1 is 0.805 bits per heavy atom. The quantitative estimate of drug-likeness (QED) is 0.0379. The van der Waals surface area contributed by atoms with E-state index in [0.717, 1.165) is 6.92 Å². The molecule has 0 aliphatic rings. The van der Waals surface area contributed by atoms with Crippen LogP contribution >= 0.6 is 7.82 Å². The molecule has 0 aromatic rings. The Balaban J connectivity index is -0.000000663. The van der Waals surface area contributed by atoms with Crippen LogP contribution in [0.5, 0.6) is 0 Å². The number of aliphatic hydroxyl groups is 11. The Morgan fingerprint density at radius 2 is 1.27 bits per heavy atom. The highest BCUT2D eigenvalue weighted by atomic mass is 31.2. The normalized spacial score (nSPS) is 18.2. The average molecular weight is 630 g/mol. The minimum Gasteiger partial charge on any atom is -0.476 e. The van der Waals surface area contributed by atoms with E-state index in [1.54, 1.807) is 0 Å². The summed E-state index contributed by atoms with van der Waals surface area (Å²) in [5.74, 6) is -4.52. The summed E-state index contributed by atoms with van der Waals surface area (Å²) in [5.41, 5.74) is 0. The van der Waals surface area contributed by atoms with E-state index in [-0.39, 0.29) is 6.29 Å². The molecule has 22 heteroatoms. The van der Waals surface area contributed by atoms with Gasteiger partial charge in [0.1, 0.15) is 49.3 Å². The second kappa shape index (κ2) is 22.4.